The van der Waals surface area contributed by atoms with E-state index in [0.717, 1.165) is 10.2 Å². The molecular formula is C8H6ClN7S. The van der Waals surface area contributed by atoms with Gasteiger partial charge in [0.15, 0.2) is 5.16 Å². The van der Waals surface area contributed by atoms with Crippen LogP contribution >= 0.6 is 23.4 Å². The molecule has 0 saturated carbocycles. The second-order valence-electron chi connectivity index (χ2n) is 3.16. The van der Waals surface area contributed by atoms with Crippen molar-refractivity contribution in [2.45, 2.75) is 10.2 Å². The Kier molecular flexibility index (Phi) is 2.45. The fourth-order valence-corrected chi connectivity index (χ4v) is 2.40. The molecule has 0 aliphatic rings. The van der Waals surface area contributed by atoms with Crippen molar-refractivity contribution in [2.24, 2.45) is 7.05 Å². The van der Waals surface area contributed by atoms with Gasteiger partial charge in [0, 0.05) is 13.1 Å². The zero-order valence-electron chi connectivity index (χ0n) is 8.65. The van der Waals surface area contributed by atoms with E-state index in [1.165, 1.54) is 24.4 Å². The van der Waals surface area contributed by atoms with Crippen LogP contribution in [0.25, 0.3) is 5.78 Å². The third-order valence-electron chi connectivity index (χ3n) is 2.05. The minimum Gasteiger partial charge on any atom is -0.244 e. The first-order chi connectivity index (χ1) is 8.24. The fraction of sp³-hybridized carbons (Fsp3) is 0.125. The minimum atomic E-state index is 0.371. The third kappa shape index (κ3) is 1.85. The molecule has 0 atom stereocenters. The highest BCUT2D eigenvalue weighted by molar-refractivity contribution is 7.99. The van der Waals surface area contributed by atoms with E-state index in [2.05, 4.69) is 25.1 Å². The molecule has 3 heterocycles. The van der Waals surface area contributed by atoms with Gasteiger partial charge >= 0.3 is 0 Å². The van der Waals surface area contributed by atoms with Crippen LogP contribution < -0.4 is 0 Å². The molecule has 17 heavy (non-hydrogen) atoms. The van der Waals surface area contributed by atoms with Crippen molar-refractivity contribution in [2.75, 3.05) is 0 Å². The summed E-state index contributed by atoms with van der Waals surface area (Å²) >= 11 is 7.31. The van der Waals surface area contributed by atoms with Crippen LogP contribution in [0.5, 0.6) is 0 Å². The Morgan fingerprint density at radius 2 is 2.06 bits per heavy atom. The second kappa shape index (κ2) is 3.97. The average molecular weight is 268 g/mol. The number of hydrogen-bond donors (Lipinski definition) is 0. The molecule has 86 valence electrons. The number of nitrogens with zero attached hydrogens (tertiary/aromatic N) is 7. The highest BCUT2D eigenvalue weighted by Crippen LogP contribution is 2.26. The number of rotatable bonds is 2. The van der Waals surface area contributed by atoms with E-state index in [-0.39, 0.29) is 0 Å². The van der Waals surface area contributed by atoms with Gasteiger partial charge in [-0.1, -0.05) is 11.6 Å². The number of fused-ring (bicyclic) bond motifs is 1. The zero-order chi connectivity index (χ0) is 11.8. The summed E-state index contributed by atoms with van der Waals surface area (Å²) in [6, 6.07) is 1.71. The van der Waals surface area contributed by atoms with Gasteiger partial charge in [-0.05, 0) is 11.8 Å². The Labute approximate surface area is 105 Å². The summed E-state index contributed by atoms with van der Waals surface area (Å²) in [5.41, 5.74) is 0. The number of halogens is 1. The van der Waals surface area contributed by atoms with Crippen LogP contribution in [0.15, 0.2) is 28.9 Å². The van der Waals surface area contributed by atoms with E-state index in [9.17, 15) is 0 Å². The van der Waals surface area contributed by atoms with Crippen molar-refractivity contribution in [1.29, 1.82) is 0 Å². The van der Waals surface area contributed by atoms with E-state index in [4.69, 9.17) is 11.6 Å². The molecule has 3 aromatic rings. The number of aryl methyl sites for hydroxylation is 1. The van der Waals surface area contributed by atoms with Crippen LogP contribution in [0.4, 0.5) is 0 Å². The SMILES string of the molecule is Cn1ncnc1Sc1cc(Cl)nc2ncnn12. The van der Waals surface area contributed by atoms with Crippen LogP contribution in [0.2, 0.25) is 5.15 Å². The van der Waals surface area contributed by atoms with Crippen molar-refractivity contribution >= 4 is 29.1 Å². The Hall–Kier alpha value is -1.67. The summed E-state index contributed by atoms with van der Waals surface area (Å²) in [6.45, 7) is 0. The van der Waals surface area contributed by atoms with E-state index in [0.29, 0.717) is 10.9 Å². The molecule has 0 fully saturated rings. The van der Waals surface area contributed by atoms with Gasteiger partial charge in [-0.2, -0.15) is 24.7 Å². The molecule has 0 unspecified atom stereocenters. The summed E-state index contributed by atoms with van der Waals surface area (Å²) in [7, 11) is 1.82. The Morgan fingerprint density at radius 3 is 2.82 bits per heavy atom. The van der Waals surface area contributed by atoms with Crippen molar-refractivity contribution in [1.82, 2.24) is 34.3 Å². The highest BCUT2D eigenvalue weighted by atomic mass is 35.5. The molecule has 3 aromatic heterocycles. The summed E-state index contributed by atoms with van der Waals surface area (Å²) in [4.78, 5) is 12.2. The first-order valence-electron chi connectivity index (χ1n) is 4.62. The first-order valence-corrected chi connectivity index (χ1v) is 5.81. The number of aromatic nitrogens is 7. The van der Waals surface area contributed by atoms with Crippen molar-refractivity contribution in [3.05, 3.63) is 23.9 Å². The lowest BCUT2D eigenvalue weighted by molar-refractivity contribution is 0.683. The Morgan fingerprint density at radius 1 is 1.24 bits per heavy atom. The lowest BCUT2D eigenvalue weighted by Crippen LogP contribution is -1.98. The molecule has 0 amide bonds. The van der Waals surface area contributed by atoms with Gasteiger partial charge in [-0.25, -0.2) is 9.67 Å². The first kappa shape index (κ1) is 10.5. The maximum atomic E-state index is 5.91. The molecule has 3 rings (SSSR count). The molecule has 0 aliphatic heterocycles. The lowest BCUT2D eigenvalue weighted by Gasteiger charge is -2.02. The molecule has 7 nitrogen and oxygen atoms in total. The molecular weight excluding hydrogens is 262 g/mol. The Bertz CT molecular complexity index is 675. The lowest BCUT2D eigenvalue weighted by atomic mass is 10.7. The quantitative estimate of drug-likeness (QED) is 0.647. The van der Waals surface area contributed by atoms with E-state index < -0.39 is 0 Å². The van der Waals surface area contributed by atoms with Gasteiger partial charge in [-0.15, -0.1) is 0 Å². The van der Waals surface area contributed by atoms with Gasteiger partial charge in [-0.3, -0.25) is 0 Å². The Balaban J connectivity index is 2.11. The fourth-order valence-electron chi connectivity index (χ4n) is 1.30. The third-order valence-corrected chi connectivity index (χ3v) is 3.30. The smallest absolute Gasteiger partial charge is 0.244 e. The molecule has 0 N–H and O–H groups in total. The van der Waals surface area contributed by atoms with Gasteiger partial charge in [0.1, 0.15) is 22.8 Å². The monoisotopic (exact) mass is 267 g/mol. The minimum absolute atomic E-state index is 0.371. The summed E-state index contributed by atoms with van der Waals surface area (Å²) in [5, 5.41) is 9.97. The maximum Gasteiger partial charge on any atom is 0.254 e. The molecule has 0 spiro atoms. The summed E-state index contributed by atoms with van der Waals surface area (Å²) in [6.07, 6.45) is 2.92. The zero-order valence-corrected chi connectivity index (χ0v) is 10.2. The van der Waals surface area contributed by atoms with Gasteiger partial charge < -0.3 is 0 Å². The van der Waals surface area contributed by atoms with Crippen molar-refractivity contribution in [3.63, 3.8) is 0 Å². The van der Waals surface area contributed by atoms with Gasteiger partial charge in [0.05, 0.1) is 0 Å². The van der Waals surface area contributed by atoms with Gasteiger partial charge in [0.2, 0.25) is 0 Å². The van der Waals surface area contributed by atoms with Crippen LogP contribution in [-0.2, 0) is 7.05 Å². The highest BCUT2D eigenvalue weighted by Gasteiger charge is 2.10. The maximum absolute atomic E-state index is 5.91. The van der Waals surface area contributed by atoms with E-state index in [1.54, 1.807) is 15.3 Å². The molecule has 0 radical (unpaired) electrons. The van der Waals surface area contributed by atoms with E-state index in [1.807, 2.05) is 7.05 Å². The predicted octanol–water partition coefficient (Wildman–Crippen LogP) is 1.06. The molecule has 9 heteroatoms. The largest absolute Gasteiger partial charge is 0.254 e. The van der Waals surface area contributed by atoms with Gasteiger partial charge in [0.25, 0.3) is 5.78 Å². The predicted molar refractivity (Wildman–Crippen MR) is 60.9 cm³/mol. The molecule has 0 aliphatic carbocycles. The standard InChI is InChI=1S/C8H6ClN7S/c1-15-8(11-4-12-15)17-6-2-5(9)14-7-10-3-13-16(6)7/h2-4H,1H3. The van der Waals surface area contributed by atoms with Crippen molar-refractivity contribution < 1.29 is 0 Å². The van der Waals surface area contributed by atoms with Crippen LogP contribution in [0.3, 0.4) is 0 Å². The normalized spacial score (nSPS) is 11.2. The number of hydrogen-bond acceptors (Lipinski definition) is 6. The van der Waals surface area contributed by atoms with Crippen LogP contribution in [-0.4, -0.2) is 34.3 Å². The van der Waals surface area contributed by atoms with Crippen molar-refractivity contribution in [3.8, 4) is 0 Å². The van der Waals surface area contributed by atoms with Crippen LogP contribution in [0, 0.1) is 0 Å². The second-order valence-corrected chi connectivity index (χ2v) is 4.53. The summed E-state index contributed by atoms with van der Waals surface area (Å²) < 4.78 is 3.27. The van der Waals surface area contributed by atoms with E-state index >= 15 is 0 Å². The molecule has 0 bridgehead atoms. The molecule has 0 saturated heterocycles. The average Bonchev–Trinajstić information content (AvgIpc) is 2.88. The van der Waals surface area contributed by atoms with Crippen LogP contribution in [0.1, 0.15) is 0 Å². The summed E-state index contributed by atoms with van der Waals surface area (Å²) in [5.74, 6) is 0.460. The molecule has 0 aromatic carbocycles. The topological polar surface area (TPSA) is 73.8 Å².